The van der Waals surface area contributed by atoms with Gasteiger partial charge in [-0.05, 0) is 130 Å². The maximum Gasteiger partial charge on any atom is 0.0686 e. The fourth-order valence-electron chi connectivity index (χ4n) is 6.97. The normalized spacial score (nSPS) is 18.3. The van der Waals surface area contributed by atoms with Crippen molar-refractivity contribution in [2.45, 2.75) is 88.0 Å². The first kappa shape index (κ1) is 28.6. The highest BCUT2D eigenvalue weighted by atomic mass is 14.8. The average Bonchev–Trinajstić information content (AvgIpc) is 3.58. The molecule has 0 unspecified atom stereocenters. The van der Waals surface area contributed by atoms with Crippen LogP contribution in [0.15, 0.2) is 74.0 Å². The molecule has 1 aromatic carbocycles. The van der Waals surface area contributed by atoms with Crippen LogP contribution >= 0.6 is 0 Å². The summed E-state index contributed by atoms with van der Waals surface area (Å²) in [6, 6.07) is 10.9. The summed E-state index contributed by atoms with van der Waals surface area (Å²) in [6.45, 7) is 22.0. The Kier molecular flexibility index (Phi) is 7.78. The van der Waals surface area contributed by atoms with E-state index in [-0.39, 0.29) is 5.92 Å². The SMILES string of the molecule is CCC1=C(C)/C(=C/c2[nH]c(C)c(C(c3ccccc3)c3c(C)[nH]c(/C=C4\N=C(C)C(CC)=C4C)c3C)c2C)N=C1C. The van der Waals surface area contributed by atoms with Crippen molar-refractivity contribution in [1.29, 1.82) is 0 Å². The molecular formula is C37H44N4. The van der Waals surface area contributed by atoms with Gasteiger partial charge >= 0.3 is 0 Å². The third-order valence-corrected chi connectivity index (χ3v) is 9.17. The van der Waals surface area contributed by atoms with Crippen LogP contribution in [0.25, 0.3) is 12.2 Å². The second kappa shape index (κ2) is 11.2. The van der Waals surface area contributed by atoms with Gasteiger partial charge in [-0.3, -0.25) is 9.98 Å². The lowest BCUT2D eigenvalue weighted by atomic mass is 9.81. The van der Waals surface area contributed by atoms with Crippen LogP contribution in [0, 0.1) is 27.7 Å². The quantitative estimate of drug-likeness (QED) is 0.297. The Morgan fingerprint density at radius 3 is 1.41 bits per heavy atom. The van der Waals surface area contributed by atoms with Crippen LogP contribution < -0.4 is 0 Å². The van der Waals surface area contributed by atoms with Gasteiger partial charge in [-0.2, -0.15) is 0 Å². The molecule has 4 heterocycles. The van der Waals surface area contributed by atoms with Crippen molar-refractivity contribution >= 4 is 23.6 Å². The summed E-state index contributed by atoms with van der Waals surface area (Å²) in [5.74, 6) is 0.0938. The highest BCUT2D eigenvalue weighted by Crippen LogP contribution is 2.42. The fourth-order valence-corrected chi connectivity index (χ4v) is 6.97. The van der Waals surface area contributed by atoms with E-state index in [0.717, 1.165) is 47.0 Å². The maximum absolute atomic E-state index is 4.92. The minimum atomic E-state index is 0.0938. The number of rotatable bonds is 7. The van der Waals surface area contributed by atoms with Gasteiger partial charge in [0.1, 0.15) is 0 Å². The first-order chi connectivity index (χ1) is 19.6. The number of aliphatic imine (C=N–C) groups is 2. The van der Waals surface area contributed by atoms with E-state index in [1.54, 1.807) is 0 Å². The summed E-state index contributed by atoms with van der Waals surface area (Å²) >= 11 is 0. The zero-order chi connectivity index (χ0) is 29.6. The third kappa shape index (κ3) is 4.94. The summed E-state index contributed by atoms with van der Waals surface area (Å²) in [6.07, 6.45) is 6.49. The summed E-state index contributed by atoms with van der Waals surface area (Å²) in [5.41, 5.74) is 20.9. The lowest BCUT2D eigenvalue weighted by Crippen LogP contribution is -2.07. The first-order valence-corrected chi connectivity index (χ1v) is 14.9. The number of aryl methyl sites for hydroxylation is 2. The third-order valence-electron chi connectivity index (χ3n) is 9.17. The molecule has 5 rings (SSSR count). The van der Waals surface area contributed by atoms with Gasteiger partial charge in [0.15, 0.2) is 0 Å². The van der Waals surface area contributed by atoms with Gasteiger partial charge in [0, 0.05) is 40.1 Å². The summed E-state index contributed by atoms with van der Waals surface area (Å²) in [5, 5.41) is 0. The summed E-state index contributed by atoms with van der Waals surface area (Å²) < 4.78 is 0. The van der Waals surface area contributed by atoms with Crippen molar-refractivity contribution in [1.82, 2.24) is 9.97 Å². The molecule has 0 fully saturated rings. The number of hydrogen-bond acceptors (Lipinski definition) is 2. The van der Waals surface area contributed by atoms with Crippen molar-refractivity contribution in [3.05, 3.63) is 115 Å². The van der Waals surface area contributed by atoms with Crippen LogP contribution in [0.3, 0.4) is 0 Å². The van der Waals surface area contributed by atoms with E-state index in [2.05, 4.69) is 122 Å². The van der Waals surface area contributed by atoms with Crippen molar-refractivity contribution < 1.29 is 0 Å². The molecule has 0 spiro atoms. The van der Waals surface area contributed by atoms with Gasteiger partial charge in [-0.25, -0.2) is 0 Å². The van der Waals surface area contributed by atoms with Gasteiger partial charge in [0.2, 0.25) is 0 Å². The Labute approximate surface area is 245 Å². The second-order valence-electron chi connectivity index (χ2n) is 11.6. The van der Waals surface area contributed by atoms with Crippen molar-refractivity contribution in [2.24, 2.45) is 9.98 Å². The molecule has 0 amide bonds. The van der Waals surface area contributed by atoms with Gasteiger partial charge in [0.25, 0.3) is 0 Å². The van der Waals surface area contributed by atoms with Crippen molar-refractivity contribution in [3.8, 4) is 0 Å². The Morgan fingerprint density at radius 1 is 0.634 bits per heavy atom. The molecule has 212 valence electrons. The predicted octanol–water partition coefficient (Wildman–Crippen LogP) is 9.84. The smallest absolute Gasteiger partial charge is 0.0686 e. The molecule has 0 saturated carbocycles. The molecule has 0 aliphatic carbocycles. The predicted molar refractivity (Wildman–Crippen MR) is 176 cm³/mol. The van der Waals surface area contributed by atoms with Crippen LogP contribution in [-0.2, 0) is 0 Å². The number of benzene rings is 1. The number of allylic oxidation sites excluding steroid dienone is 4. The van der Waals surface area contributed by atoms with E-state index in [4.69, 9.17) is 9.98 Å². The molecular weight excluding hydrogens is 500 g/mol. The molecule has 4 nitrogen and oxygen atoms in total. The molecule has 0 atom stereocenters. The Morgan fingerprint density at radius 2 is 1.05 bits per heavy atom. The zero-order valence-corrected chi connectivity index (χ0v) is 26.4. The fraction of sp³-hybridized carbons (Fsp3) is 0.351. The Hall–Kier alpha value is -3.92. The lowest BCUT2D eigenvalue weighted by Gasteiger charge is -2.21. The molecule has 4 heteroatoms. The van der Waals surface area contributed by atoms with E-state index in [1.807, 2.05) is 0 Å². The lowest BCUT2D eigenvalue weighted by molar-refractivity contribution is 0.930. The molecule has 0 saturated heterocycles. The number of nitrogens with one attached hydrogen (secondary N) is 2. The van der Waals surface area contributed by atoms with E-state index >= 15 is 0 Å². The van der Waals surface area contributed by atoms with Gasteiger partial charge < -0.3 is 9.97 Å². The largest absolute Gasteiger partial charge is 0.359 e. The maximum atomic E-state index is 4.92. The monoisotopic (exact) mass is 544 g/mol. The first-order valence-electron chi connectivity index (χ1n) is 14.9. The Bertz CT molecular complexity index is 1600. The number of H-pyrrole nitrogens is 2. The molecule has 2 aromatic heterocycles. The molecule has 2 aliphatic heterocycles. The average molecular weight is 545 g/mol. The zero-order valence-electron chi connectivity index (χ0n) is 26.4. The van der Waals surface area contributed by atoms with Crippen molar-refractivity contribution in [3.63, 3.8) is 0 Å². The molecule has 0 radical (unpaired) electrons. The minimum Gasteiger partial charge on any atom is -0.359 e. The minimum absolute atomic E-state index is 0.0938. The Balaban J connectivity index is 1.66. The van der Waals surface area contributed by atoms with E-state index in [0.29, 0.717) is 0 Å². The van der Waals surface area contributed by atoms with E-state index < -0.39 is 0 Å². The van der Waals surface area contributed by atoms with Crippen LogP contribution in [0.5, 0.6) is 0 Å². The molecule has 2 N–H and O–H groups in total. The van der Waals surface area contributed by atoms with Gasteiger partial charge in [0.05, 0.1) is 11.4 Å². The number of hydrogen-bond donors (Lipinski definition) is 2. The summed E-state index contributed by atoms with van der Waals surface area (Å²) in [4.78, 5) is 17.3. The standard InChI is InChI=1S/C37H44N4/c1-11-29-20(3)31(38-24(29)7)18-33-22(5)35(26(9)40-33)37(28-16-14-13-15-17-28)36-23(6)34(41-27(36)10)19-32-21(4)30(12-2)25(8)39-32/h13-19,37,40-41H,11-12H2,1-10H3/b31-18-,32-19-. The number of aromatic nitrogens is 2. The van der Waals surface area contributed by atoms with Gasteiger partial charge in [-0.1, -0.05) is 44.2 Å². The molecule has 2 aliphatic rings. The van der Waals surface area contributed by atoms with E-state index in [1.165, 1.54) is 61.5 Å². The highest BCUT2D eigenvalue weighted by Gasteiger charge is 2.29. The number of aromatic amines is 2. The van der Waals surface area contributed by atoms with Gasteiger partial charge in [-0.15, -0.1) is 0 Å². The van der Waals surface area contributed by atoms with Crippen LogP contribution in [0.1, 0.15) is 111 Å². The summed E-state index contributed by atoms with van der Waals surface area (Å²) in [7, 11) is 0. The van der Waals surface area contributed by atoms with E-state index in [9.17, 15) is 0 Å². The van der Waals surface area contributed by atoms with Crippen molar-refractivity contribution in [2.75, 3.05) is 0 Å². The molecule has 3 aromatic rings. The molecule has 0 bridgehead atoms. The van der Waals surface area contributed by atoms with Crippen LogP contribution in [0.2, 0.25) is 0 Å². The number of nitrogens with zero attached hydrogens (tertiary/aromatic N) is 2. The second-order valence-corrected chi connectivity index (χ2v) is 11.6. The molecule has 41 heavy (non-hydrogen) atoms. The highest BCUT2D eigenvalue weighted by molar-refractivity contribution is 6.04. The van der Waals surface area contributed by atoms with Crippen LogP contribution in [-0.4, -0.2) is 21.4 Å². The topological polar surface area (TPSA) is 56.3 Å². The van der Waals surface area contributed by atoms with Crippen LogP contribution in [0.4, 0.5) is 0 Å².